The monoisotopic (exact) mass is 253 g/mol. The second-order valence-electron chi connectivity index (χ2n) is 5.78. The van der Waals surface area contributed by atoms with Gasteiger partial charge in [0, 0.05) is 32.1 Å². The van der Waals surface area contributed by atoms with Gasteiger partial charge in [0.05, 0.1) is 0 Å². The molecule has 2 fully saturated rings. The van der Waals surface area contributed by atoms with E-state index >= 15 is 0 Å². The number of rotatable bonds is 4. The van der Waals surface area contributed by atoms with Crippen LogP contribution in [-0.2, 0) is 4.79 Å². The number of amides is 1. The van der Waals surface area contributed by atoms with E-state index in [1.54, 1.807) is 0 Å². The van der Waals surface area contributed by atoms with Gasteiger partial charge in [-0.05, 0) is 45.3 Å². The molecule has 2 atom stereocenters. The molecule has 0 aromatic rings. The van der Waals surface area contributed by atoms with Gasteiger partial charge in [-0.2, -0.15) is 0 Å². The Bertz CT molecular complexity index is 276. The Kier molecular flexibility index (Phi) is 5.01. The van der Waals surface area contributed by atoms with Crippen LogP contribution in [0.25, 0.3) is 0 Å². The maximum atomic E-state index is 12.2. The fourth-order valence-electron chi connectivity index (χ4n) is 3.06. The molecule has 4 heteroatoms. The molecule has 0 radical (unpaired) electrons. The van der Waals surface area contributed by atoms with Gasteiger partial charge in [-0.1, -0.05) is 6.92 Å². The summed E-state index contributed by atoms with van der Waals surface area (Å²) >= 11 is 0. The molecule has 0 aromatic heterocycles. The lowest BCUT2D eigenvalue weighted by molar-refractivity contribution is -0.134. The molecule has 2 heterocycles. The first kappa shape index (κ1) is 13.8. The van der Waals surface area contributed by atoms with Crippen molar-refractivity contribution < 1.29 is 4.79 Å². The fraction of sp³-hybridized carbons (Fsp3) is 0.929. The third-order valence-electron chi connectivity index (χ3n) is 4.53. The van der Waals surface area contributed by atoms with Gasteiger partial charge in [-0.25, -0.2) is 0 Å². The second-order valence-corrected chi connectivity index (χ2v) is 5.78. The number of carbonyl (C=O) groups excluding carboxylic acids is 1. The van der Waals surface area contributed by atoms with Crippen LogP contribution in [0.3, 0.4) is 0 Å². The molecule has 0 saturated carbocycles. The highest BCUT2D eigenvalue weighted by atomic mass is 16.2. The third kappa shape index (κ3) is 3.45. The quantitative estimate of drug-likeness (QED) is 0.809. The Morgan fingerprint density at radius 2 is 2.22 bits per heavy atom. The van der Waals surface area contributed by atoms with Crippen molar-refractivity contribution in [3.63, 3.8) is 0 Å². The van der Waals surface area contributed by atoms with Crippen LogP contribution in [0.15, 0.2) is 0 Å². The van der Waals surface area contributed by atoms with Gasteiger partial charge in [-0.3, -0.25) is 9.69 Å². The Balaban J connectivity index is 1.74. The van der Waals surface area contributed by atoms with Gasteiger partial charge >= 0.3 is 0 Å². The number of hydrogen-bond acceptors (Lipinski definition) is 3. The van der Waals surface area contributed by atoms with Crippen molar-refractivity contribution in [1.82, 2.24) is 15.1 Å². The first-order valence-electron chi connectivity index (χ1n) is 7.39. The molecular weight excluding hydrogens is 226 g/mol. The van der Waals surface area contributed by atoms with Crippen LogP contribution in [0, 0.1) is 5.92 Å². The molecular formula is C14H27N3O. The summed E-state index contributed by atoms with van der Waals surface area (Å²) in [5, 5.41) is 3.37. The number of likely N-dealkylation sites (N-methyl/N-ethyl adjacent to an activating group) is 1. The minimum atomic E-state index is 0.369. The average molecular weight is 253 g/mol. The Labute approximate surface area is 111 Å². The molecule has 2 aliphatic rings. The summed E-state index contributed by atoms with van der Waals surface area (Å²) in [6, 6.07) is 0.552. The summed E-state index contributed by atoms with van der Waals surface area (Å²) in [4.78, 5) is 16.7. The number of hydrogen-bond donors (Lipinski definition) is 1. The summed E-state index contributed by atoms with van der Waals surface area (Å²) in [5.41, 5.74) is 0. The van der Waals surface area contributed by atoms with Crippen LogP contribution in [0.4, 0.5) is 0 Å². The van der Waals surface area contributed by atoms with E-state index in [0.717, 1.165) is 57.9 Å². The number of nitrogens with one attached hydrogen (secondary N) is 1. The Hall–Kier alpha value is -0.610. The maximum Gasteiger partial charge on any atom is 0.222 e. The Morgan fingerprint density at radius 3 is 2.89 bits per heavy atom. The SMILES string of the molecule is CCC1CN(C(=O)CCC2CCNC2)CCN1C. The minimum Gasteiger partial charge on any atom is -0.340 e. The lowest BCUT2D eigenvalue weighted by Crippen LogP contribution is -2.53. The van der Waals surface area contributed by atoms with Crippen molar-refractivity contribution in [1.29, 1.82) is 0 Å². The van der Waals surface area contributed by atoms with Gasteiger partial charge in [0.15, 0.2) is 0 Å². The van der Waals surface area contributed by atoms with E-state index in [2.05, 4.69) is 29.1 Å². The van der Waals surface area contributed by atoms with Crippen molar-refractivity contribution in [3.05, 3.63) is 0 Å². The molecule has 2 saturated heterocycles. The minimum absolute atomic E-state index is 0.369. The number of nitrogens with zero attached hydrogens (tertiary/aromatic N) is 2. The van der Waals surface area contributed by atoms with Gasteiger partial charge < -0.3 is 10.2 Å². The van der Waals surface area contributed by atoms with E-state index in [4.69, 9.17) is 0 Å². The topological polar surface area (TPSA) is 35.6 Å². The smallest absolute Gasteiger partial charge is 0.222 e. The van der Waals surface area contributed by atoms with E-state index in [-0.39, 0.29) is 0 Å². The highest BCUT2D eigenvalue weighted by molar-refractivity contribution is 5.76. The van der Waals surface area contributed by atoms with E-state index in [9.17, 15) is 4.79 Å². The molecule has 0 aromatic carbocycles. The molecule has 1 N–H and O–H groups in total. The molecule has 104 valence electrons. The largest absolute Gasteiger partial charge is 0.340 e. The molecule has 4 nitrogen and oxygen atoms in total. The molecule has 2 rings (SSSR count). The standard InChI is InChI=1S/C14H27N3O/c1-3-13-11-17(9-8-16(13)2)14(18)5-4-12-6-7-15-10-12/h12-13,15H,3-11H2,1-2H3. The van der Waals surface area contributed by atoms with E-state index in [1.807, 2.05) is 0 Å². The van der Waals surface area contributed by atoms with Gasteiger partial charge in [-0.15, -0.1) is 0 Å². The summed E-state index contributed by atoms with van der Waals surface area (Å²) in [7, 11) is 2.17. The highest BCUT2D eigenvalue weighted by Crippen LogP contribution is 2.17. The summed E-state index contributed by atoms with van der Waals surface area (Å²) in [6.45, 7) is 7.30. The van der Waals surface area contributed by atoms with Crippen LogP contribution in [0.1, 0.15) is 32.6 Å². The van der Waals surface area contributed by atoms with E-state index < -0.39 is 0 Å². The zero-order chi connectivity index (χ0) is 13.0. The van der Waals surface area contributed by atoms with Crippen LogP contribution in [-0.4, -0.2) is 61.5 Å². The van der Waals surface area contributed by atoms with Crippen molar-refractivity contribution in [3.8, 4) is 0 Å². The lowest BCUT2D eigenvalue weighted by Gasteiger charge is -2.39. The fourth-order valence-corrected chi connectivity index (χ4v) is 3.06. The van der Waals surface area contributed by atoms with Crippen LogP contribution < -0.4 is 5.32 Å². The van der Waals surface area contributed by atoms with Crippen molar-refractivity contribution in [2.45, 2.75) is 38.6 Å². The zero-order valence-electron chi connectivity index (χ0n) is 11.8. The average Bonchev–Trinajstić information content (AvgIpc) is 2.89. The predicted octanol–water partition coefficient (Wildman–Crippen LogP) is 0.929. The molecule has 2 unspecified atom stereocenters. The summed E-state index contributed by atoms with van der Waals surface area (Å²) < 4.78 is 0. The molecule has 0 aliphatic carbocycles. The first-order chi connectivity index (χ1) is 8.70. The second kappa shape index (κ2) is 6.53. The third-order valence-corrected chi connectivity index (χ3v) is 4.53. The molecule has 0 spiro atoms. The van der Waals surface area contributed by atoms with Gasteiger partial charge in [0.2, 0.25) is 5.91 Å². The van der Waals surface area contributed by atoms with Gasteiger partial charge in [0.25, 0.3) is 0 Å². The highest BCUT2D eigenvalue weighted by Gasteiger charge is 2.26. The summed E-state index contributed by atoms with van der Waals surface area (Å²) in [5.74, 6) is 1.09. The van der Waals surface area contributed by atoms with Gasteiger partial charge in [0.1, 0.15) is 0 Å². The predicted molar refractivity (Wildman–Crippen MR) is 73.5 cm³/mol. The van der Waals surface area contributed by atoms with E-state index in [0.29, 0.717) is 11.9 Å². The lowest BCUT2D eigenvalue weighted by atomic mass is 10.0. The molecule has 2 aliphatic heterocycles. The summed E-state index contributed by atoms with van der Waals surface area (Å²) in [6.07, 6.45) is 4.18. The van der Waals surface area contributed by atoms with Crippen molar-refractivity contribution in [2.75, 3.05) is 39.8 Å². The van der Waals surface area contributed by atoms with Crippen LogP contribution in [0.2, 0.25) is 0 Å². The normalized spacial score (nSPS) is 29.8. The molecule has 1 amide bonds. The molecule has 18 heavy (non-hydrogen) atoms. The molecule has 0 bridgehead atoms. The van der Waals surface area contributed by atoms with Crippen molar-refractivity contribution >= 4 is 5.91 Å². The van der Waals surface area contributed by atoms with Crippen molar-refractivity contribution in [2.24, 2.45) is 5.92 Å². The number of piperazine rings is 1. The number of carbonyl (C=O) groups is 1. The zero-order valence-corrected chi connectivity index (χ0v) is 11.8. The van der Waals surface area contributed by atoms with Crippen LogP contribution in [0.5, 0.6) is 0 Å². The van der Waals surface area contributed by atoms with E-state index in [1.165, 1.54) is 6.42 Å². The maximum absolute atomic E-state index is 12.2. The Morgan fingerprint density at radius 1 is 1.39 bits per heavy atom. The van der Waals surface area contributed by atoms with Crippen LogP contribution >= 0.6 is 0 Å². The first-order valence-corrected chi connectivity index (χ1v) is 7.39.